The van der Waals surface area contributed by atoms with E-state index in [-0.39, 0.29) is 23.1 Å². The SMILES string of the molecule is CN1C(=O)C[C@H](NCCc2ccc(S(N)(=O)=O)cc2)C1=O. The molecule has 8 heteroatoms. The second kappa shape index (κ2) is 5.92. The molecule has 1 aromatic carbocycles. The number of imide groups is 1. The highest BCUT2D eigenvalue weighted by Gasteiger charge is 2.35. The number of hydrogen-bond acceptors (Lipinski definition) is 5. The molecule has 0 saturated carbocycles. The molecular weight excluding hydrogens is 294 g/mol. The number of amides is 2. The summed E-state index contributed by atoms with van der Waals surface area (Å²) in [5.41, 5.74) is 0.917. The number of sulfonamides is 1. The fraction of sp³-hybridized carbons (Fsp3) is 0.385. The summed E-state index contributed by atoms with van der Waals surface area (Å²) in [5.74, 6) is -0.403. The lowest BCUT2D eigenvalue weighted by Gasteiger charge is -2.11. The van der Waals surface area contributed by atoms with Crippen molar-refractivity contribution in [3.63, 3.8) is 0 Å². The van der Waals surface area contributed by atoms with Crippen molar-refractivity contribution < 1.29 is 18.0 Å². The number of carbonyl (C=O) groups excluding carboxylic acids is 2. The summed E-state index contributed by atoms with van der Waals surface area (Å²) in [5, 5.41) is 8.05. The summed E-state index contributed by atoms with van der Waals surface area (Å²) in [6.07, 6.45) is 0.798. The van der Waals surface area contributed by atoms with Crippen LogP contribution in [0.2, 0.25) is 0 Å². The molecular formula is C13H17N3O4S. The van der Waals surface area contributed by atoms with Crippen LogP contribution in [-0.4, -0.2) is 44.8 Å². The van der Waals surface area contributed by atoms with Crippen molar-refractivity contribution in [3.05, 3.63) is 29.8 Å². The molecule has 0 aromatic heterocycles. The lowest BCUT2D eigenvalue weighted by molar-refractivity contribution is -0.137. The molecule has 3 N–H and O–H groups in total. The van der Waals surface area contributed by atoms with Crippen molar-refractivity contribution in [2.24, 2.45) is 5.14 Å². The van der Waals surface area contributed by atoms with Crippen LogP contribution in [0.5, 0.6) is 0 Å². The molecule has 1 aliphatic heterocycles. The van der Waals surface area contributed by atoms with Gasteiger partial charge in [-0.05, 0) is 30.7 Å². The average molecular weight is 311 g/mol. The molecule has 7 nitrogen and oxygen atoms in total. The van der Waals surface area contributed by atoms with Gasteiger partial charge in [-0.3, -0.25) is 14.5 Å². The molecule has 1 aromatic rings. The van der Waals surface area contributed by atoms with Crippen LogP contribution in [0.4, 0.5) is 0 Å². The third-order valence-electron chi connectivity index (χ3n) is 3.44. The summed E-state index contributed by atoms with van der Waals surface area (Å²) in [4.78, 5) is 24.2. The van der Waals surface area contributed by atoms with E-state index in [1.807, 2.05) is 0 Å². The number of likely N-dealkylation sites (tertiary alicyclic amines) is 1. The zero-order chi connectivity index (χ0) is 15.6. The standard InChI is InChI=1S/C13H17N3O4S/c1-16-12(17)8-11(13(16)18)15-7-6-9-2-4-10(5-3-9)21(14,19)20/h2-5,11,15H,6-8H2,1H3,(H2,14,19,20)/t11-/m0/s1. The third-order valence-corrected chi connectivity index (χ3v) is 4.37. The zero-order valence-corrected chi connectivity index (χ0v) is 12.4. The molecule has 0 spiro atoms. The predicted octanol–water partition coefficient (Wildman–Crippen LogP) is -0.777. The summed E-state index contributed by atoms with van der Waals surface area (Å²) in [6, 6.07) is 5.78. The lowest BCUT2D eigenvalue weighted by atomic mass is 10.1. The van der Waals surface area contributed by atoms with Gasteiger partial charge in [0, 0.05) is 7.05 Å². The number of primary sulfonamides is 1. The summed E-state index contributed by atoms with van der Waals surface area (Å²) in [7, 11) is -2.21. The Morgan fingerprint density at radius 3 is 2.38 bits per heavy atom. The number of carbonyl (C=O) groups is 2. The van der Waals surface area contributed by atoms with Gasteiger partial charge in [0.05, 0.1) is 17.4 Å². The Labute approximate surface area is 123 Å². The van der Waals surface area contributed by atoms with Crippen molar-refractivity contribution in [1.82, 2.24) is 10.2 Å². The van der Waals surface area contributed by atoms with Crippen molar-refractivity contribution >= 4 is 21.8 Å². The normalized spacial score (nSPS) is 19.3. The predicted molar refractivity (Wildman–Crippen MR) is 75.7 cm³/mol. The molecule has 1 saturated heterocycles. The Balaban J connectivity index is 1.87. The maximum atomic E-state index is 11.7. The fourth-order valence-electron chi connectivity index (χ4n) is 2.15. The Hall–Kier alpha value is -1.77. The van der Waals surface area contributed by atoms with E-state index in [1.54, 1.807) is 12.1 Å². The van der Waals surface area contributed by atoms with Crippen molar-refractivity contribution in [2.45, 2.75) is 23.8 Å². The van der Waals surface area contributed by atoms with Crippen LogP contribution in [-0.2, 0) is 26.0 Å². The average Bonchev–Trinajstić information content (AvgIpc) is 2.66. The minimum Gasteiger partial charge on any atom is -0.305 e. The van der Waals surface area contributed by atoms with Crippen LogP contribution in [0.3, 0.4) is 0 Å². The van der Waals surface area contributed by atoms with Crippen molar-refractivity contribution in [1.29, 1.82) is 0 Å². The highest BCUT2D eigenvalue weighted by Crippen LogP contribution is 2.11. The van der Waals surface area contributed by atoms with E-state index in [0.717, 1.165) is 10.5 Å². The first-order chi connectivity index (χ1) is 9.79. The topological polar surface area (TPSA) is 110 Å². The van der Waals surface area contributed by atoms with E-state index in [2.05, 4.69) is 5.32 Å². The molecule has 1 aliphatic rings. The lowest BCUT2D eigenvalue weighted by Crippen LogP contribution is -2.38. The van der Waals surface area contributed by atoms with E-state index >= 15 is 0 Å². The number of nitrogens with one attached hydrogen (secondary N) is 1. The minimum atomic E-state index is -3.68. The van der Waals surface area contributed by atoms with Crippen LogP contribution in [0.15, 0.2) is 29.2 Å². The second-order valence-electron chi connectivity index (χ2n) is 4.94. The van der Waals surface area contributed by atoms with Crippen molar-refractivity contribution in [3.8, 4) is 0 Å². The molecule has 1 atom stereocenters. The second-order valence-corrected chi connectivity index (χ2v) is 6.50. The maximum absolute atomic E-state index is 11.7. The number of nitrogens with two attached hydrogens (primary N) is 1. The molecule has 0 radical (unpaired) electrons. The van der Waals surface area contributed by atoms with Crippen molar-refractivity contribution in [2.75, 3.05) is 13.6 Å². The first-order valence-electron chi connectivity index (χ1n) is 6.44. The molecule has 1 fully saturated rings. The summed E-state index contributed by atoms with van der Waals surface area (Å²) >= 11 is 0. The Kier molecular flexibility index (Phi) is 4.40. The van der Waals surface area contributed by atoms with Gasteiger partial charge in [-0.25, -0.2) is 13.6 Å². The first-order valence-corrected chi connectivity index (χ1v) is 7.99. The third kappa shape index (κ3) is 3.66. The first kappa shape index (κ1) is 15.6. The number of likely N-dealkylation sites (N-methyl/N-ethyl adjacent to an activating group) is 1. The number of benzene rings is 1. The molecule has 2 amide bonds. The Morgan fingerprint density at radius 2 is 1.90 bits per heavy atom. The van der Waals surface area contributed by atoms with E-state index in [9.17, 15) is 18.0 Å². The van der Waals surface area contributed by atoms with Gasteiger partial charge in [-0.1, -0.05) is 12.1 Å². The van der Waals surface area contributed by atoms with E-state index < -0.39 is 16.1 Å². The van der Waals surface area contributed by atoms with Gasteiger partial charge in [-0.2, -0.15) is 0 Å². The summed E-state index contributed by atoms with van der Waals surface area (Å²) in [6.45, 7) is 0.520. The monoisotopic (exact) mass is 311 g/mol. The highest BCUT2D eigenvalue weighted by molar-refractivity contribution is 7.89. The summed E-state index contributed by atoms with van der Waals surface area (Å²) < 4.78 is 22.2. The van der Waals surface area contributed by atoms with Gasteiger partial charge in [0.2, 0.25) is 21.8 Å². The largest absolute Gasteiger partial charge is 0.305 e. The molecule has 0 aliphatic carbocycles. The van der Waals surface area contributed by atoms with Crippen LogP contribution in [0.25, 0.3) is 0 Å². The van der Waals surface area contributed by atoms with E-state index in [0.29, 0.717) is 13.0 Å². The molecule has 1 heterocycles. The van der Waals surface area contributed by atoms with Gasteiger partial charge >= 0.3 is 0 Å². The highest BCUT2D eigenvalue weighted by atomic mass is 32.2. The molecule has 0 bridgehead atoms. The molecule has 0 unspecified atom stereocenters. The molecule has 2 rings (SSSR count). The number of hydrogen-bond donors (Lipinski definition) is 2. The maximum Gasteiger partial charge on any atom is 0.246 e. The van der Waals surface area contributed by atoms with E-state index in [4.69, 9.17) is 5.14 Å². The Morgan fingerprint density at radius 1 is 1.29 bits per heavy atom. The van der Waals surface area contributed by atoms with Gasteiger partial charge in [0.15, 0.2) is 0 Å². The van der Waals surface area contributed by atoms with Crippen LogP contribution in [0.1, 0.15) is 12.0 Å². The minimum absolute atomic E-state index is 0.0670. The zero-order valence-electron chi connectivity index (χ0n) is 11.6. The number of nitrogens with zero attached hydrogens (tertiary/aromatic N) is 1. The van der Waals surface area contributed by atoms with Gasteiger partial charge in [0.25, 0.3) is 0 Å². The molecule has 114 valence electrons. The van der Waals surface area contributed by atoms with Crippen LogP contribution >= 0.6 is 0 Å². The van der Waals surface area contributed by atoms with Gasteiger partial charge in [-0.15, -0.1) is 0 Å². The van der Waals surface area contributed by atoms with Crippen LogP contribution < -0.4 is 10.5 Å². The molecule has 21 heavy (non-hydrogen) atoms. The van der Waals surface area contributed by atoms with E-state index in [1.165, 1.54) is 19.2 Å². The fourth-order valence-corrected chi connectivity index (χ4v) is 2.67. The Bertz CT molecular complexity index is 654. The smallest absolute Gasteiger partial charge is 0.246 e. The van der Waals surface area contributed by atoms with Crippen LogP contribution in [0, 0.1) is 0 Å². The van der Waals surface area contributed by atoms with Gasteiger partial charge in [0.1, 0.15) is 0 Å². The van der Waals surface area contributed by atoms with Gasteiger partial charge < -0.3 is 5.32 Å². The number of rotatable bonds is 5. The quantitative estimate of drug-likeness (QED) is 0.694.